The predicted octanol–water partition coefficient (Wildman–Crippen LogP) is 2.63. The minimum absolute atomic E-state index is 0.0382. The highest BCUT2D eigenvalue weighted by molar-refractivity contribution is 6.33. The topological polar surface area (TPSA) is 78.4 Å². The number of aliphatic carboxylic acids is 1. The summed E-state index contributed by atoms with van der Waals surface area (Å²) in [5.41, 5.74) is 1.43. The van der Waals surface area contributed by atoms with Gasteiger partial charge in [0.1, 0.15) is 6.04 Å². The second kappa shape index (κ2) is 5.48. The van der Waals surface area contributed by atoms with Crippen molar-refractivity contribution < 1.29 is 14.7 Å². The van der Waals surface area contributed by atoms with Crippen LogP contribution in [0.3, 0.4) is 0 Å². The van der Waals surface area contributed by atoms with Crippen molar-refractivity contribution in [2.24, 2.45) is 5.92 Å². The summed E-state index contributed by atoms with van der Waals surface area (Å²) in [5.74, 6) is -0.968. The van der Waals surface area contributed by atoms with Crippen molar-refractivity contribution in [3.8, 4) is 0 Å². The lowest BCUT2D eigenvalue weighted by molar-refractivity contribution is -0.139. The van der Waals surface area contributed by atoms with E-state index < -0.39 is 18.0 Å². The Kier molecular flexibility index (Phi) is 3.95. The van der Waals surface area contributed by atoms with Crippen molar-refractivity contribution in [2.45, 2.75) is 25.8 Å². The lowest BCUT2D eigenvalue weighted by Gasteiger charge is -2.15. The second-order valence-electron chi connectivity index (χ2n) is 4.74. The summed E-state index contributed by atoms with van der Waals surface area (Å²) in [6.45, 7) is 1.88. The Morgan fingerprint density at radius 3 is 2.68 bits per heavy atom. The van der Waals surface area contributed by atoms with E-state index in [9.17, 15) is 9.59 Å². The first kappa shape index (κ1) is 13.7. The number of aryl methyl sites for hydroxylation is 1. The van der Waals surface area contributed by atoms with Crippen LogP contribution in [0.25, 0.3) is 0 Å². The van der Waals surface area contributed by atoms with Gasteiger partial charge in [0, 0.05) is 0 Å². The lowest BCUT2D eigenvalue weighted by atomic mass is 10.2. The van der Waals surface area contributed by atoms with Crippen molar-refractivity contribution in [3.63, 3.8) is 0 Å². The summed E-state index contributed by atoms with van der Waals surface area (Å²) in [5, 5.41) is 14.5. The van der Waals surface area contributed by atoms with Crippen LogP contribution in [-0.2, 0) is 4.79 Å². The minimum atomic E-state index is -1.01. The number of amides is 2. The molecule has 0 heterocycles. The molecule has 0 aliphatic heterocycles. The van der Waals surface area contributed by atoms with Crippen LogP contribution < -0.4 is 10.6 Å². The molecule has 1 unspecified atom stereocenters. The zero-order valence-electron chi connectivity index (χ0n) is 10.4. The van der Waals surface area contributed by atoms with E-state index in [1.54, 1.807) is 12.1 Å². The van der Waals surface area contributed by atoms with Gasteiger partial charge in [-0.2, -0.15) is 0 Å². The molecule has 0 spiro atoms. The number of nitrogens with one attached hydrogen (secondary N) is 2. The molecule has 1 aromatic rings. The van der Waals surface area contributed by atoms with Crippen molar-refractivity contribution >= 4 is 29.3 Å². The third kappa shape index (κ3) is 3.61. The van der Waals surface area contributed by atoms with Crippen LogP contribution in [0.5, 0.6) is 0 Å². The van der Waals surface area contributed by atoms with Gasteiger partial charge in [-0.1, -0.05) is 17.7 Å². The quantitative estimate of drug-likeness (QED) is 0.794. The number of anilines is 1. The number of rotatable bonds is 4. The molecular formula is C13H15ClN2O3. The van der Waals surface area contributed by atoms with E-state index in [2.05, 4.69) is 10.6 Å². The first-order chi connectivity index (χ1) is 8.97. The zero-order chi connectivity index (χ0) is 14.0. The molecule has 0 aromatic heterocycles. The Morgan fingerprint density at radius 1 is 1.42 bits per heavy atom. The van der Waals surface area contributed by atoms with Crippen LogP contribution in [0.2, 0.25) is 5.02 Å². The number of halogens is 1. The summed E-state index contributed by atoms with van der Waals surface area (Å²) in [4.78, 5) is 22.8. The van der Waals surface area contributed by atoms with Gasteiger partial charge in [0.05, 0.1) is 10.7 Å². The monoisotopic (exact) mass is 282 g/mol. The largest absolute Gasteiger partial charge is 0.480 e. The molecule has 19 heavy (non-hydrogen) atoms. The SMILES string of the molecule is Cc1ccc(Cl)c(NC(=O)NC(C(=O)O)C2CC2)c1. The third-order valence-electron chi connectivity index (χ3n) is 3.02. The zero-order valence-corrected chi connectivity index (χ0v) is 11.2. The molecule has 1 aliphatic carbocycles. The van der Waals surface area contributed by atoms with Gasteiger partial charge in [-0.05, 0) is 43.4 Å². The number of urea groups is 1. The first-order valence-electron chi connectivity index (χ1n) is 6.04. The normalized spacial score (nSPS) is 15.7. The van der Waals surface area contributed by atoms with Crippen LogP contribution >= 0.6 is 11.6 Å². The minimum Gasteiger partial charge on any atom is -0.480 e. The summed E-state index contributed by atoms with van der Waals surface area (Å²) >= 11 is 5.96. The van der Waals surface area contributed by atoms with Gasteiger partial charge in [0.2, 0.25) is 0 Å². The van der Waals surface area contributed by atoms with Crippen LogP contribution in [-0.4, -0.2) is 23.1 Å². The Morgan fingerprint density at radius 2 is 2.11 bits per heavy atom. The average molecular weight is 283 g/mol. The molecule has 1 saturated carbocycles. The number of carbonyl (C=O) groups is 2. The van der Waals surface area contributed by atoms with Crippen LogP contribution in [0.15, 0.2) is 18.2 Å². The molecule has 6 heteroatoms. The number of carboxylic acids is 1. The van der Waals surface area contributed by atoms with E-state index in [1.165, 1.54) is 0 Å². The van der Waals surface area contributed by atoms with Gasteiger partial charge in [-0.3, -0.25) is 0 Å². The molecule has 3 N–H and O–H groups in total. The standard InChI is InChI=1S/C13H15ClN2O3/c1-7-2-5-9(14)10(6-7)15-13(19)16-11(12(17)18)8-3-4-8/h2,5-6,8,11H,3-4H2,1H3,(H,17,18)(H2,15,16,19). The van der Waals surface area contributed by atoms with Crippen molar-refractivity contribution in [1.82, 2.24) is 5.32 Å². The first-order valence-corrected chi connectivity index (χ1v) is 6.41. The molecule has 2 amide bonds. The highest BCUT2D eigenvalue weighted by Crippen LogP contribution is 2.32. The summed E-state index contributed by atoms with van der Waals surface area (Å²) in [6.07, 6.45) is 1.67. The fraction of sp³-hybridized carbons (Fsp3) is 0.385. The van der Waals surface area contributed by atoms with Gasteiger partial charge in [-0.15, -0.1) is 0 Å². The van der Waals surface area contributed by atoms with Crippen LogP contribution in [0, 0.1) is 12.8 Å². The second-order valence-corrected chi connectivity index (χ2v) is 5.14. The highest BCUT2D eigenvalue weighted by Gasteiger charge is 2.37. The maximum absolute atomic E-state index is 11.8. The van der Waals surface area contributed by atoms with E-state index in [0.29, 0.717) is 10.7 Å². The number of hydrogen-bond donors (Lipinski definition) is 3. The van der Waals surface area contributed by atoms with E-state index in [1.807, 2.05) is 13.0 Å². The van der Waals surface area contributed by atoms with Gasteiger partial charge in [0.25, 0.3) is 0 Å². The van der Waals surface area contributed by atoms with Crippen LogP contribution in [0.4, 0.5) is 10.5 Å². The summed E-state index contributed by atoms with van der Waals surface area (Å²) in [6, 6.07) is 3.86. The van der Waals surface area contributed by atoms with Crippen molar-refractivity contribution in [1.29, 1.82) is 0 Å². The highest BCUT2D eigenvalue weighted by atomic mass is 35.5. The van der Waals surface area contributed by atoms with Gasteiger partial charge in [0.15, 0.2) is 0 Å². The molecule has 1 aliphatic rings. The Hall–Kier alpha value is -1.75. The molecule has 2 rings (SSSR count). The number of benzene rings is 1. The van der Waals surface area contributed by atoms with Crippen molar-refractivity contribution in [2.75, 3.05) is 5.32 Å². The van der Waals surface area contributed by atoms with Gasteiger partial charge >= 0.3 is 12.0 Å². The fourth-order valence-electron chi connectivity index (χ4n) is 1.85. The number of carbonyl (C=O) groups excluding carboxylic acids is 1. The Balaban J connectivity index is 2.00. The molecule has 1 fully saturated rings. The van der Waals surface area contributed by atoms with E-state index in [-0.39, 0.29) is 5.92 Å². The van der Waals surface area contributed by atoms with Crippen LogP contribution in [0.1, 0.15) is 18.4 Å². The maximum Gasteiger partial charge on any atom is 0.326 e. The Labute approximate surface area is 116 Å². The molecule has 102 valence electrons. The molecule has 1 aromatic carbocycles. The lowest BCUT2D eigenvalue weighted by Crippen LogP contribution is -2.44. The van der Waals surface area contributed by atoms with E-state index >= 15 is 0 Å². The predicted molar refractivity (Wildman–Crippen MR) is 72.5 cm³/mol. The number of hydrogen-bond acceptors (Lipinski definition) is 2. The van der Waals surface area contributed by atoms with Crippen molar-refractivity contribution in [3.05, 3.63) is 28.8 Å². The molecule has 1 atom stereocenters. The molecule has 0 bridgehead atoms. The average Bonchev–Trinajstić information content (AvgIpc) is 3.14. The maximum atomic E-state index is 11.8. The van der Waals surface area contributed by atoms with Gasteiger partial charge in [-0.25, -0.2) is 9.59 Å². The molecule has 5 nitrogen and oxygen atoms in total. The van der Waals surface area contributed by atoms with E-state index in [4.69, 9.17) is 16.7 Å². The molecule has 0 saturated heterocycles. The molecule has 0 radical (unpaired) electrons. The summed E-state index contributed by atoms with van der Waals surface area (Å²) in [7, 11) is 0. The van der Waals surface area contributed by atoms with Gasteiger partial charge < -0.3 is 15.7 Å². The summed E-state index contributed by atoms with van der Waals surface area (Å²) < 4.78 is 0. The third-order valence-corrected chi connectivity index (χ3v) is 3.35. The van der Waals surface area contributed by atoms with E-state index in [0.717, 1.165) is 18.4 Å². The smallest absolute Gasteiger partial charge is 0.326 e. The Bertz CT molecular complexity index is 515. The molecular weight excluding hydrogens is 268 g/mol. The number of carboxylic acid groups (broad SMARTS) is 1. The fourth-order valence-corrected chi connectivity index (χ4v) is 2.01.